The Labute approximate surface area is 139 Å². The Morgan fingerprint density at radius 2 is 1.68 bits per heavy atom. The molecule has 1 N–H and O–H groups in total. The molecule has 0 aromatic heterocycles. The summed E-state index contributed by atoms with van der Waals surface area (Å²) in [5.74, 6) is 1.00. The van der Waals surface area contributed by atoms with Gasteiger partial charge in [-0.15, -0.1) is 0 Å². The van der Waals surface area contributed by atoms with Crippen LogP contribution in [0.3, 0.4) is 0 Å². The lowest BCUT2D eigenvalue weighted by Crippen LogP contribution is -3.14. The van der Waals surface area contributed by atoms with E-state index in [1.165, 1.54) is 38.9 Å². The third kappa shape index (κ3) is 5.79. The fourth-order valence-corrected chi connectivity index (χ4v) is 3.37. The summed E-state index contributed by atoms with van der Waals surface area (Å²) in [5.41, 5.74) is 2.25. The van der Waals surface area contributed by atoms with Crippen molar-refractivity contribution in [3.8, 4) is 5.75 Å². The number of nitrogens with one attached hydrogen (secondary N) is 1. The topological polar surface area (TPSA) is 22.9 Å². The van der Waals surface area contributed by atoms with Gasteiger partial charge in [0.1, 0.15) is 18.8 Å². The van der Waals surface area contributed by atoms with Gasteiger partial charge in [0.05, 0.1) is 26.4 Å². The lowest BCUT2D eigenvalue weighted by Gasteiger charge is -2.23. The maximum Gasteiger partial charge on any atom is 0.125 e. The number of hydrogen-bond donors (Lipinski definition) is 1. The fourth-order valence-electron chi connectivity index (χ4n) is 3.04. The van der Waals surface area contributed by atoms with Crippen LogP contribution < -0.4 is 9.64 Å². The average molecular weight is 327 g/mol. The number of rotatable bonds is 8. The average Bonchev–Trinajstić information content (AvgIpc) is 2.49. The fraction of sp³-hybridized carbons (Fsp3) is 0.667. The molecule has 1 fully saturated rings. The molecule has 3 nitrogen and oxygen atoms in total. The van der Waals surface area contributed by atoms with Gasteiger partial charge in [-0.3, -0.25) is 0 Å². The Morgan fingerprint density at radius 1 is 1.05 bits per heavy atom. The third-order valence-corrected chi connectivity index (χ3v) is 4.51. The summed E-state index contributed by atoms with van der Waals surface area (Å²) < 4.78 is 11.3. The smallest absolute Gasteiger partial charge is 0.125 e. The number of quaternary nitrogens is 1. The van der Waals surface area contributed by atoms with Crippen LogP contribution in [-0.4, -0.2) is 39.5 Å². The molecule has 1 aliphatic heterocycles. The van der Waals surface area contributed by atoms with Gasteiger partial charge in [0.15, 0.2) is 0 Å². The Morgan fingerprint density at radius 3 is 2.36 bits per heavy atom. The molecule has 4 heteroatoms. The van der Waals surface area contributed by atoms with E-state index in [4.69, 9.17) is 21.1 Å². The number of aryl methyl sites for hydroxylation is 2. The maximum atomic E-state index is 6.04. The van der Waals surface area contributed by atoms with Gasteiger partial charge in [0.2, 0.25) is 0 Å². The minimum atomic E-state index is 0.785. The van der Waals surface area contributed by atoms with Crippen molar-refractivity contribution in [3.63, 3.8) is 0 Å². The van der Waals surface area contributed by atoms with Crippen LogP contribution in [0.2, 0.25) is 5.02 Å². The number of unbranched alkanes of at least 4 members (excludes halogenated alkanes) is 3. The highest BCUT2D eigenvalue weighted by molar-refractivity contribution is 6.30. The van der Waals surface area contributed by atoms with Crippen molar-refractivity contribution in [3.05, 3.63) is 28.3 Å². The summed E-state index contributed by atoms with van der Waals surface area (Å²) in [6.07, 6.45) is 4.98. The number of ether oxygens (including phenoxy) is 2. The third-order valence-electron chi connectivity index (χ3n) is 4.30. The number of morpholine rings is 1. The molecule has 1 aromatic rings. The van der Waals surface area contributed by atoms with Crippen LogP contribution in [0, 0.1) is 13.8 Å². The lowest BCUT2D eigenvalue weighted by molar-refractivity contribution is -0.908. The summed E-state index contributed by atoms with van der Waals surface area (Å²) in [6.45, 7) is 10.4. The van der Waals surface area contributed by atoms with Gasteiger partial charge in [0.25, 0.3) is 0 Å². The molecule has 124 valence electrons. The van der Waals surface area contributed by atoms with Crippen molar-refractivity contribution in [2.45, 2.75) is 39.5 Å². The molecule has 0 radical (unpaired) electrons. The molecular weight excluding hydrogens is 298 g/mol. The van der Waals surface area contributed by atoms with Gasteiger partial charge in [-0.05, 0) is 62.8 Å². The highest BCUT2D eigenvalue weighted by atomic mass is 35.5. The Kier molecular flexibility index (Phi) is 7.50. The number of benzene rings is 1. The predicted molar refractivity (Wildman–Crippen MR) is 91.3 cm³/mol. The van der Waals surface area contributed by atoms with Crippen molar-refractivity contribution >= 4 is 11.6 Å². The van der Waals surface area contributed by atoms with Crippen LogP contribution in [0.15, 0.2) is 12.1 Å². The van der Waals surface area contributed by atoms with Crippen LogP contribution in [0.25, 0.3) is 0 Å². The first-order valence-corrected chi connectivity index (χ1v) is 8.85. The second-order valence-electron chi connectivity index (χ2n) is 6.24. The zero-order valence-corrected chi connectivity index (χ0v) is 14.7. The predicted octanol–water partition coefficient (Wildman–Crippen LogP) is 2.81. The Hall–Kier alpha value is -0.770. The van der Waals surface area contributed by atoms with Gasteiger partial charge in [0, 0.05) is 5.02 Å². The second kappa shape index (κ2) is 9.39. The minimum Gasteiger partial charge on any atom is -0.493 e. The van der Waals surface area contributed by atoms with Crippen LogP contribution in [0.1, 0.15) is 36.8 Å². The summed E-state index contributed by atoms with van der Waals surface area (Å²) in [4.78, 5) is 1.70. The van der Waals surface area contributed by atoms with Gasteiger partial charge < -0.3 is 14.4 Å². The van der Waals surface area contributed by atoms with Crippen molar-refractivity contribution < 1.29 is 14.4 Å². The van der Waals surface area contributed by atoms with E-state index < -0.39 is 0 Å². The standard InChI is InChI=1S/C18H28ClNO2/c1-15-13-17(19)14-16(2)18(15)22-10-6-4-3-5-7-20-8-11-21-12-9-20/h13-14H,3-12H2,1-2H3/p+1. The van der Waals surface area contributed by atoms with Gasteiger partial charge in [-0.2, -0.15) is 0 Å². The largest absolute Gasteiger partial charge is 0.493 e. The van der Waals surface area contributed by atoms with Crippen molar-refractivity contribution in [1.82, 2.24) is 0 Å². The normalized spacial score (nSPS) is 16.0. The van der Waals surface area contributed by atoms with Crippen LogP contribution >= 0.6 is 11.6 Å². The molecule has 0 aliphatic carbocycles. The van der Waals surface area contributed by atoms with E-state index in [9.17, 15) is 0 Å². The van der Waals surface area contributed by atoms with E-state index in [0.29, 0.717) is 0 Å². The van der Waals surface area contributed by atoms with Crippen molar-refractivity contribution in [2.24, 2.45) is 0 Å². The van der Waals surface area contributed by atoms with E-state index >= 15 is 0 Å². The molecule has 22 heavy (non-hydrogen) atoms. The molecule has 1 aromatic carbocycles. The monoisotopic (exact) mass is 326 g/mol. The first kappa shape index (κ1) is 17.6. The SMILES string of the molecule is Cc1cc(Cl)cc(C)c1OCCCCCC[NH+]1CCOCC1. The van der Waals surface area contributed by atoms with E-state index in [-0.39, 0.29) is 0 Å². The van der Waals surface area contributed by atoms with E-state index in [0.717, 1.165) is 48.1 Å². The van der Waals surface area contributed by atoms with Gasteiger partial charge in [-0.25, -0.2) is 0 Å². The zero-order valence-electron chi connectivity index (χ0n) is 13.9. The molecule has 1 saturated heterocycles. The highest BCUT2D eigenvalue weighted by Crippen LogP contribution is 2.27. The quantitative estimate of drug-likeness (QED) is 0.742. The molecule has 0 bridgehead atoms. The molecule has 1 aliphatic rings. The van der Waals surface area contributed by atoms with Crippen molar-refractivity contribution in [1.29, 1.82) is 0 Å². The number of halogens is 1. The molecule has 0 unspecified atom stereocenters. The van der Waals surface area contributed by atoms with Crippen molar-refractivity contribution in [2.75, 3.05) is 39.5 Å². The van der Waals surface area contributed by atoms with Crippen LogP contribution in [0.5, 0.6) is 5.75 Å². The summed E-state index contributed by atoms with van der Waals surface area (Å²) >= 11 is 6.04. The minimum absolute atomic E-state index is 0.785. The summed E-state index contributed by atoms with van der Waals surface area (Å²) in [5, 5.41) is 0.785. The summed E-state index contributed by atoms with van der Waals surface area (Å²) in [7, 11) is 0. The van der Waals surface area contributed by atoms with Gasteiger partial charge in [-0.1, -0.05) is 11.6 Å². The van der Waals surface area contributed by atoms with Gasteiger partial charge >= 0.3 is 0 Å². The van der Waals surface area contributed by atoms with E-state index in [2.05, 4.69) is 13.8 Å². The Balaban J connectivity index is 1.56. The first-order chi connectivity index (χ1) is 10.7. The molecule has 0 saturated carbocycles. The van der Waals surface area contributed by atoms with E-state index in [1.807, 2.05) is 12.1 Å². The number of hydrogen-bond acceptors (Lipinski definition) is 2. The molecule has 0 spiro atoms. The maximum absolute atomic E-state index is 6.04. The summed E-state index contributed by atoms with van der Waals surface area (Å²) in [6, 6.07) is 3.93. The molecular formula is C18H29ClNO2+. The zero-order chi connectivity index (χ0) is 15.8. The Bertz CT molecular complexity index is 435. The first-order valence-electron chi connectivity index (χ1n) is 8.47. The van der Waals surface area contributed by atoms with Crippen LogP contribution in [-0.2, 0) is 4.74 Å². The molecule has 0 atom stereocenters. The highest BCUT2D eigenvalue weighted by Gasteiger charge is 2.12. The lowest BCUT2D eigenvalue weighted by atomic mass is 10.1. The van der Waals surface area contributed by atoms with E-state index in [1.54, 1.807) is 4.90 Å². The molecule has 2 rings (SSSR count). The van der Waals surface area contributed by atoms with Crippen LogP contribution in [0.4, 0.5) is 0 Å². The molecule has 1 heterocycles. The molecule has 0 amide bonds. The second-order valence-corrected chi connectivity index (χ2v) is 6.68.